The predicted octanol–water partition coefficient (Wildman–Crippen LogP) is 4.54. The third-order valence-electron chi connectivity index (χ3n) is 2.87. The van der Waals surface area contributed by atoms with E-state index in [4.69, 9.17) is 4.74 Å². The highest BCUT2D eigenvalue weighted by Crippen LogP contribution is 2.36. The van der Waals surface area contributed by atoms with E-state index < -0.39 is 11.7 Å². The zero-order valence-electron chi connectivity index (χ0n) is 9.06. The van der Waals surface area contributed by atoms with Gasteiger partial charge in [0.15, 0.2) is 11.6 Å². The second-order valence-electron chi connectivity index (χ2n) is 4.22. The van der Waals surface area contributed by atoms with E-state index in [1.54, 1.807) is 12.1 Å². The topological polar surface area (TPSA) is 9.23 Å². The van der Waals surface area contributed by atoms with Gasteiger partial charge < -0.3 is 4.74 Å². The number of para-hydroxylation sites is 1. The van der Waals surface area contributed by atoms with Gasteiger partial charge in [0.1, 0.15) is 0 Å². The Bertz CT molecular complexity index is 378. The van der Waals surface area contributed by atoms with E-state index in [2.05, 4.69) is 15.9 Å². The molecular weight excluding hydrogens is 297 g/mol. The van der Waals surface area contributed by atoms with Crippen molar-refractivity contribution in [1.29, 1.82) is 0 Å². The highest BCUT2D eigenvalue weighted by molar-refractivity contribution is 9.10. The van der Waals surface area contributed by atoms with E-state index in [1.165, 1.54) is 6.07 Å². The molecule has 94 valence electrons. The molecular formula is C12H12BrF3O. The number of hydrogen-bond acceptors (Lipinski definition) is 1. The molecule has 1 nitrogen and oxygen atoms in total. The Morgan fingerprint density at radius 1 is 1.24 bits per heavy atom. The summed E-state index contributed by atoms with van der Waals surface area (Å²) in [6.07, 6.45) is -0.197. The van der Waals surface area contributed by atoms with Crippen molar-refractivity contribution in [3.05, 3.63) is 28.5 Å². The molecule has 17 heavy (non-hydrogen) atoms. The molecule has 2 rings (SSSR count). The Balaban J connectivity index is 2.03. The van der Waals surface area contributed by atoms with E-state index in [-0.39, 0.29) is 37.5 Å². The number of halogens is 4. The monoisotopic (exact) mass is 308 g/mol. The van der Waals surface area contributed by atoms with Crippen LogP contribution in [0.5, 0.6) is 5.75 Å². The lowest BCUT2D eigenvalue weighted by atomic mass is 9.94. The summed E-state index contributed by atoms with van der Waals surface area (Å²) < 4.78 is 45.3. The number of alkyl halides is 2. The minimum Gasteiger partial charge on any atom is -0.486 e. The van der Waals surface area contributed by atoms with Crippen molar-refractivity contribution in [1.82, 2.24) is 0 Å². The molecule has 1 fully saturated rings. The number of hydrogen-bond donors (Lipinski definition) is 0. The molecule has 0 unspecified atom stereocenters. The maximum Gasteiger partial charge on any atom is 0.248 e. The molecule has 0 saturated heterocycles. The fraction of sp³-hybridized carbons (Fsp3) is 0.500. The molecule has 0 amide bonds. The second-order valence-corrected chi connectivity index (χ2v) is 5.08. The normalized spacial score (nSPS) is 20.2. The molecule has 1 aromatic carbocycles. The first-order chi connectivity index (χ1) is 7.98. The summed E-state index contributed by atoms with van der Waals surface area (Å²) in [5.41, 5.74) is 0. The van der Waals surface area contributed by atoms with Gasteiger partial charge in [0.25, 0.3) is 0 Å². The van der Waals surface area contributed by atoms with E-state index in [0.29, 0.717) is 4.47 Å². The van der Waals surface area contributed by atoms with Crippen LogP contribution in [0.1, 0.15) is 25.7 Å². The summed E-state index contributed by atoms with van der Waals surface area (Å²) in [5.74, 6) is -2.95. The molecule has 0 atom stereocenters. The average Bonchev–Trinajstić information content (AvgIpc) is 2.26. The van der Waals surface area contributed by atoms with Gasteiger partial charge in [0.2, 0.25) is 5.92 Å². The second kappa shape index (κ2) is 4.88. The van der Waals surface area contributed by atoms with Gasteiger partial charge in [-0.2, -0.15) is 0 Å². The van der Waals surface area contributed by atoms with Crippen molar-refractivity contribution in [2.45, 2.75) is 37.7 Å². The Hall–Kier alpha value is -0.710. The minimum absolute atomic E-state index is 0.114. The molecule has 0 aromatic heterocycles. The largest absolute Gasteiger partial charge is 0.486 e. The Labute approximate surface area is 106 Å². The Kier molecular flexibility index (Phi) is 3.66. The summed E-state index contributed by atoms with van der Waals surface area (Å²) >= 11 is 3.18. The SMILES string of the molecule is Fc1cccc(Br)c1OC1CCC(F)(F)CC1. The molecule has 0 spiro atoms. The summed E-state index contributed by atoms with van der Waals surface area (Å²) in [6, 6.07) is 4.51. The van der Waals surface area contributed by atoms with Crippen LogP contribution in [0.25, 0.3) is 0 Å². The van der Waals surface area contributed by atoms with Gasteiger partial charge in [-0.1, -0.05) is 6.07 Å². The summed E-state index contributed by atoms with van der Waals surface area (Å²) in [7, 11) is 0. The van der Waals surface area contributed by atoms with Crippen molar-refractivity contribution in [2.24, 2.45) is 0 Å². The van der Waals surface area contributed by atoms with Crippen LogP contribution >= 0.6 is 15.9 Å². The quantitative estimate of drug-likeness (QED) is 0.779. The molecule has 0 heterocycles. The van der Waals surface area contributed by atoms with Crippen LogP contribution in [0.15, 0.2) is 22.7 Å². The van der Waals surface area contributed by atoms with Gasteiger partial charge in [0.05, 0.1) is 10.6 Å². The average molecular weight is 309 g/mol. The highest BCUT2D eigenvalue weighted by Gasteiger charge is 2.36. The molecule has 0 aliphatic heterocycles. The maximum atomic E-state index is 13.5. The molecule has 1 aromatic rings. The van der Waals surface area contributed by atoms with Crippen molar-refractivity contribution < 1.29 is 17.9 Å². The van der Waals surface area contributed by atoms with Crippen LogP contribution in [0.2, 0.25) is 0 Å². The number of benzene rings is 1. The van der Waals surface area contributed by atoms with E-state index >= 15 is 0 Å². The maximum absolute atomic E-state index is 13.5. The first-order valence-corrected chi connectivity index (χ1v) is 6.26. The molecule has 0 N–H and O–H groups in total. The van der Waals surface area contributed by atoms with Crippen molar-refractivity contribution in [3.8, 4) is 5.75 Å². The standard InChI is InChI=1S/C12H12BrF3O/c13-9-2-1-3-10(14)11(9)17-8-4-6-12(15,16)7-5-8/h1-3,8H,4-7H2. The van der Waals surface area contributed by atoms with Crippen LogP contribution in [0, 0.1) is 5.82 Å². The summed E-state index contributed by atoms with van der Waals surface area (Å²) in [6.45, 7) is 0. The zero-order valence-corrected chi connectivity index (χ0v) is 10.6. The van der Waals surface area contributed by atoms with Gasteiger partial charge in [-0.15, -0.1) is 0 Å². The van der Waals surface area contributed by atoms with Gasteiger partial charge in [-0.3, -0.25) is 0 Å². The molecule has 1 aliphatic rings. The van der Waals surface area contributed by atoms with Crippen molar-refractivity contribution in [3.63, 3.8) is 0 Å². The lowest BCUT2D eigenvalue weighted by molar-refractivity contribution is -0.0587. The third-order valence-corrected chi connectivity index (χ3v) is 3.49. The fourth-order valence-electron chi connectivity index (χ4n) is 1.89. The van der Waals surface area contributed by atoms with Crippen molar-refractivity contribution >= 4 is 15.9 Å². The molecule has 5 heteroatoms. The van der Waals surface area contributed by atoms with Gasteiger partial charge >= 0.3 is 0 Å². The van der Waals surface area contributed by atoms with Crippen LogP contribution in [0.4, 0.5) is 13.2 Å². The van der Waals surface area contributed by atoms with Crippen LogP contribution in [-0.4, -0.2) is 12.0 Å². The van der Waals surface area contributed by atoms with Gasteiger partial charge in [0, 0.05) is 12.8 Å². The van der Waals surface area contributed by atoms with Crippen molar-refractivity contribution in [2.75, 3.05) is 0 Å². The third kappa shape index (κ3) is 3.15. The number of ether oxygens (including phenoxy) is 1. The lowest BCUT2D eigenvalue weighted by Crippen LogP contribution is -2.31. The Morgan fingerprint density at radius 2 is 1.88 bits per heavy atom. The highest BCUT2D eigenvalue weighted by atomic mass is 79.9. The molecule has 1 aliphatic carbocycles. The summed E-state index contributed by atoms with van der Waals surface area (Å²) in [4.78, 5) is 0. The van der Waals surface area contributed by atoms with Gasteiger partial charge in [-0.25, -0.2) is 13.2 Å². The molecule has 0 radical (unpaired) electrons. The van der Waals surface area contributed by atoms with E-state index in [0.717, 1.165) is 0 Å². The fourth-order valence-corrected chi connectivity index (χ4v) is 2.33. The van der Waals surface area contributed by atoms with Crippen LogP contribution in [0.3, 0.4) is 0 Å². The predicted molar refractivity (Wildman–Crippen MR) is 61.9 cm³/mol. The first-order valence-electron chi connectivity index (χ1n) is 5.46. The Morgan fingerprint density at radius 3 is 2.47 bits per heavy atom. The smallest absolute Gasteiger partial charge is 0.248 e. The summed E-state index contributed by atoms with van der Waals surface area (Å²) in [5, 5.41) is 0. The first kappa shape index (κ1) is 12.7. The number of rotatable bonds is 2. The minimum atomic E-state index is -2.59. The lowest BCUT2D eigenvalue weighted by Gasteiger charge is -2.29. The molecule has 0 bridgehead atoms. The van der Waals surface area contributed by atoms with Gasteiger partial charge in [-0.05, 0) is 40.9 Å². The zero-order chi connectivity index (χ0) is 12.5. The van der Waals surface area contributed by atoms with E-state index in [9.17, 15) is 13.2 Å². The van der Waals surface area contributed by atoms with Crippen LogP contribution < -0.4 is 4.74 Å². The van der Waals surface area contributed by atoms with Crippen LogP contribution in [-0.2, 0) is 0 Å². The molecule has 1 saturated carbocycles. The van der Waals surface area contributed by atoms with E-state index in [1.807, 2.05) is 0 Å².